The molecule has 3 rings (SSSR count). The largest absolute Gasteiger partial charge is 0.352 e. The minimum Gasteiger partial charge on any atom is -0.352 e. The fourth-order valence-electron chi connectivity index (χ4n) is 3.03. The first kappa shape index (κ1) is 17.5. The predicted octanol–water partition coefficient (Wildman–Crippen LogP) is 3.32. The van der Waals surface area contributed by atoms with Crippen LogP contribution in [0, 0.1) is 0 Å². The summed E-state index contributed by atoms with van der Waals surface area (Å²) < 4.78 is 0. The van der Waals surface area contributed by atoms with Gasteiger partial charge < -0.3 is 10.2 Å². The van der Waals surface area contributed by atoms with E-state index in [9.17, 15) is 9.59 Å². The van der Waals surface area contributed by atoms with Crippen molar-refractivity contribution < 1.29 is 9.59 Å². The van der Waals surface area contributed by atoms with E-state index in [1.165, 1.54) is 0 Å². The van der Waals surface area contributed by atoms with E-state index in [1.807, 2.05) is 47.4 Å². The normalized spacial score (nSPS) is 14.0. The van der Waals surface area contributed by atoms with Crippen molar-refractivity contribution >= 4 is 23.4 Å². The van der Waals surface area contributed by atoms with Gasteiger partial charge in [-0.15, -0.1) is 0 Å². The third-order valence-corrected chi connectivity index (χ3v) is 4.80. The van der Waals surface area contributed by atoms with Crippen LogP contribution >= 0.6 is 11.6 Å². The van der Waals surface area contributed by atoms with E-state index in [4.69, 9.17) is 11.6 Å². The molecule has 0 unspecified atom stereocenters. The maximum atomic E-state index is 12.2. The summed E-state index contributed by atoms with van der Waals surface area (Å²) in [6, 6.07) is 15.3. The van der Waals surface area contributed by atoms with Gasteiger partial charge in [-0.25, -0.2) is 0 Å². The predicted molar refractivity (Wildman–Crippen MR) is 98.1 cm³/mol. The highest BCUT2D eigenvalue weighted by atomic mass is 35.5. The number of hydrogen-bond donors (Lipinski definition) is 1. The van der Waals surface area contributed by atoms with E-state index >= 15 is 0 Å². The van der Waals surface area contributed by atoms with Crippen LogP contribution in [0.25, 0.3) is 0 Å². The fraction of sp³-hybridized carbons (Fsp3) is 0.300. The van der Waals surface area contributed by atoms with E-state index < -0.39 is 0 Å². The first-order chi connectivity index (χ1) is 12.1. The monoisotopic (exact) mass is 356 g/mol. The Morgan fingerprint density at radius 1 is 1.04 bits per heavy atom. The molecule has 2 aromatic rings. The fourth-order valence-corrected chi connectivity index (χ4v) is 3.23. The summed E-state index contributed by atoms with van der Waals surface area (Å²) in [4.78, 5) is 25.9. The molecule has 5 heteroatoms. The van der Waals surface area contributed by atoms with Gasteiger partial charge in [-0.05, 0) is 29.2 Å². The Labute approximate surface area is 152 Å². The van der Waals surface area contributed by atoms with Crippen molar-refractivity contribution in [3.63, 3.8) is 0 Å². The molecule has 0 spiro atoms. The van der Waals surface area contributed by atoms with Gasteiger partial charge in [0.05, 0.1) is 6.42 Å². The van der Waals surface area contributed by atoms with Crippen molar-refractivity contribution in [3.05, 3.63) is 70.2 Å². The van der Waals surface area contributed by atoms with Gasteiger partial charge in [0.2, 0.25) is 11.8 Å². The van der Waals surface area contributed by atoms with Crippen LogP contribution in [0.15, 0.2) is 48.5 Å². The first-order valence-electron chi connectivity index (χ1n) is 8.48. The number of likely N-dealkylation sites (tertiary alicyclic amines) is 1. The topological polar surface area (TPSA) is 49.4 Å². The Bertz CT molecular complexity index is 776. The Morgan fingerprint density at radius 2 is 1.72 bits per heavy atom. The molecule has 0 bridgehead atoms. The highest BCUT2D eigenvalue weighted by Gasteiger charge is 2.20. The number of nitrogens with one attached hydrogen (secondary N) is 1. The summed E-state index contributed by atoms with van der Waals surface area (Å²) in [6.45, 7) is 1.86. The molecule has 0 aliphatic carbocycles. The van der Waals surface area contributed by atoms with Crippen molar-refractivity contribution in [1.82, 2.24) is 10.2 Å². The maximum absolute atomic E-state index is 12.2. The summed E-state index contributed by atoms with van der Waals surface area (Å²) >= 11 is 6.10. The van der Waals surface area contributed by atoms with Crippen molar-refractivity contribution in [1.29, 1.82) is 0 Å². The highest BCUT2D eigenvalue weighted by molar-refractivity contribution is 6.31. The molecule has 4 nitrogen and oxygen atoms in total. The van der Waals surface area contributed by atoms with Crippen molar-refractivity contribution in [2.45, 2.75) is 32.4 Å². The molecule has 2 aromatic carbocycles. The zero-order valence-electron chi connectivity index (χ0n) is 14.0. The van der Waals surface area contributed by atoms with Gasteiger partial charge in [0.25, 0.3) is 0 Å². The molecule has 0 atom stereocenters. The zero-order chi connectivity index (χ0) is 17.6. The van der Waals surface area contributed by atoms with Crippen molar-refractivity contribution in [3.8, 4) is 0 Å². The average molecular weight is 357 g/mol. The van der Waals surface area contributed by atoms with Crippen LogP contribution in [-0.2, 0) is 29.1 Å². The summed E-state index contributed by atoms with van der Waals surface area (Å²) in [5.74, 6) is 0.137. The van der Waals surface area contributed by atoms with Crippen molar-refractivity contribution in [2.75, 3.05) is 6.54 Å². The summed E-state index contributed by atoms with van der Waals surface area (Å²) in [6.07, 6.45) is 1.82. The van der Waals surface area contributed by atoms with Crippen LogP contribution < -0.4 is 5.32 Å². The summed E-state index contributed by atoms with van der Waals surface area (Å²) in [5.41, 5.74) is 2.93. The van der Waals surface area contributed by atoms with Crippen LogP contribution in [0.3, 0.4) is 0 Å². The van der Waals surface area contributed by atoms with Crippen LogP contribution in [0.2, 0.25) is 5.02 Å². The number of carbonyl (C=O) groups is 2. The number of carbonyl (C=O) groups excluding carboxylic acids is 2. The van der Waals surface area contributed by atoms with Crippen molar-refractivity contribution in [2.24, 2.45) is 0 Å². The lowest BCUT2D eigenvalue weighted by atomic mass is 10.1. The van der Waals surface area contributed by atoms with Gasteiger partial charge in [0, 0.05) is 31.1 Å². The number of amides is 2. The summed E-state index contributed by atoms with van der Waals surface area (Å²) in [7, 11) is 0. The second-order valence-electron chi connectivity index (χ2n) is 6.23. The quantitative estimate of drug-likeness (QED) is 0.863. The average Bonchev–Trinajstić information content (AvgIpc) is 3.01. The van der Waals surface area contributed by atoms with Gasteiger partial charge in [-0.1, -0.05) is 54.1 Å². The highest BCUT2D eigenvalue weighted by Crippen LogP contribution is 2.18. The molecule has 25 heavy (non-hydrogen) atoms. The number of benzene rings is 2. The van der Waals surface area contributed by atoms with Crippen LogP contribution in [-0.4, -0.2) is 23.3 Å². The molecule has 0 saturated carbocycles. The molecule has 1 aliphatic heterocycles. The van der Waals surface area contributed by atoms with Gasteiger partial charge in [-0.3, -0.25) is 9.59 Å². The molecule has 1 fully saturated rings. The van der Waals surface area contributed by atoms with Crippen LogP contribution in [0.5, 0.6) is 0 Å². The molecule has 130 valence electrons. The van der Waals surface area contributed by atoms with E-state index in [0.717, 1.165) is 29.7 Å². The number of rotatable bonds is 6. The minimum atomic E-state index is -0.0693. The maximum Gasteiger partial charge on any atom is 0.224 e. The first-order valence-corrected chi connectivity index (χ1v) is 8.86. The molecule has 2 amide bonds. The molecule has 1 aliphatic rings. The Hall–Kier alpha value is -2.33. The lowest BCUT2D eigenvalue weighted by Gasteiger charge is -2.18. The van der Waals surface area contributed by atoms with E-state index in [1.54, 1.807) is 6.07 Å². The molecular formula is C20H21ClN2O2. The molecule has 1 heterocycles. The molecule has 1 saturated heterocycles. The third-order valence-electron chi connectivity index (χ3n) is 4.44. The van der Waals surface area contributed by atoms with Gasteiger partial charge in [0.1, 0.15) is 0 Å². The third kappa shape index (κ3) is 4.60. The van der Waals surface area contributed by atoms with Gasteiger partial charge >= 0.3 is 0 Å². The lowest BCUT2D eigenvalue weighted by Crippen LogP contribution is -2.27. The SMILES string of the molecule is O=C(Cc1ccccc1Cl)NCc1ccccc1CN1CCCC1=O. The molecule has 1 N–H and O–H groups in total. The number of halogens is 1. The van der Waals surface area contributed by atoms with Gasteiger partial charge in [0.15, 0.2) is 0 Å². The Balaban J connectivity index is 1.60. The molecular weight excluding hydrogens is 336 g/mol. The number of nitrogens with zero attached hydrogens (tertiary/aromatic N) is 1. The van der Waals surface area contributed by atoms with E-state index in [-0.39, 0.29) is 18.2 Å². The smallest absolute Gasteiger partial charge is 0.224 e. The summed E-state index contributed by atoms with van der Waals surface area (Å²) in [5, 5.41) is 3.55. The second kappa shape index (κ2) is 8.17. The van der Waals surface area contributed by atoms with E-state index in [2.05, 4.69) is 5.32 Å². The Morgan fingerprint density at radius 3 is 2.40 bits per heavy atom. The minimum absolute atomic E-state index is 0.0693. The lowest BCUT2D eigenvalue weighted by molar-refractivity contribution is -0.128. The van der Waals surface area contributed by atoms with Gasteiger partial charge in [-0.2, -0.15) is 0 Å². The molecule has 0 aromatic heterocycles. The number of hydrogen-bond acceptors (Lipinski definition) is 2. The zero-order valence-corrected chi connectivity index (χ0v) is 14.8. The second-order valence-corrected chi connectivity index (χ2v) is 6.64. The van der Waals surface area contributed by atoms with Crippen LogP contribution in [0.1, 0.15) is 29.5 Å². The Kier molecular flexibility index (Phi) is 5.71. The standard InChI is InChI=1S/C20H21ClN2O2/c21-18-9-4-3-6-15(18)12-19(24)22-13-16-7-1-2-8-17(16)14-23-11-5-10-20(23)25/h1-4,6-9H,5,10-14H2,(H,22,24). The molecule has 0 radical (unpaired) electrons. The van der Waals surface area contributed by atoms with E-state index in [0.29, 0.717) is 24.5 Å². The van der Waals surface area contributed by atoms with Crippen LogP contribution in [0.4, 0.5) is 0 Å².